The molecule has 0 aliphatic carbocycles. The van der Waals surface area contributed by atoms with E-state index < -0.39 is 0 Å². The molecule has 3 rings (SSSR count). The quantitative estimate of drug-likeness (QED) is 0.771. The number of hydrogen-bond donors (Lipinski definition) is 1. The van der Waals surface area contributed by atoms with Gasteiger partial charge in [0.1, 0.15) is 0 Å². The van der Waals surface area contributed by atoms with Crippen molar-refractivity contribution in [2.45, 2.75) is 12.8 Å². The Hall–Kier alpha value is -2.47. The Morgan fingerprint density at radius 1 is 1.14 bits per heavy atom. The SMILES string of the molecule is COc1ccc(-c2cnc3ccc(CCCN)nn23)cn1. The third-order valence-corrected chi connectivity index (χ3v) is 3.30. The van der Waals surface area contributed by atoms with Crippen LogP contribution < -0.4 is 10.5 Å². The van der Waals surface area contributed by atoms with Crippen LogP contribution in [0.5, 0.6) is 5.88 Å². The average Bonchev–Trinajstić information content (AvgIpc) is 2.96. The molecular formula is C15H17N5O. The van der Waals surface area contributed by atoms with Crippen LogP contribution in [0, 0.1) is 0 Å². The second-order valence-electron chi connectivity index (χ2n) is 4.72. The maximum absolute atomic E-state index is 5.55. The van der Waals surface area contributed by atoms with Gasteiger partial charge in [-0.25, -0.2) is 14.5 Å². The number of nitrogens with zero attached hydrogens (tertiary/aromatic N) is 4. The second kappa shape index (κ2) is 5.88. The van der Waals surface area contributed by atoms with E-state index in [2.05, 4.69) is 15.1 Å². The fourth-order valence-electron chi connectivity index (χ4n) is 2.18. The zero-order chi connectivity index (χ0) is 14.7. The number of aryl methyl sites for hydroxylation is 1. The maximum Gasteiger partial charge on any atom is 0.212 e. The number of ether oxygens (including phenoxy) is 1. The van der Waals surface area contributed by atoms with Crippen LogP contribution in [-0.2, 0) is 6.42 Å². The van der Waals surface area contributed by atoms with Crippen molar-refractivity contribution >= 4 is 5.65 Å². The smallest absolute Gasteiger partial charge is 0.212 e. The van der Waals surface area contributed by atoms with Gasteiger partial charge in [0.15, 0.2) is 5.65 Å². The van der Waals surface area contributed by atoms with Crippen LogP contribution in [0.1, 0.15) is 12.1 Å². The topological polar surface area (TPSA) is 78.3 Å². The molecule has 0 amide bonds. The van der Waals surface area contributed by atoms with Crippen molar-refractivity contribution < 1.29 is 4.74 Å². The molecule has 0 unspecified atom stereocenters. The Bertz CT molecular complexity index is 735. The zero-order valence-electron chi connectivity index (χ0n) is 11.9. The Morgan fingerprint density at radius 2 is 2.05 bits per heavy atom. The van der Waals surface area contributed by atoms with Crippen LogP contribution in [0.2, 0.25) is 0 Å². The van der Waals surface area contributed by atoms with Gasteiger partial charge < -0.3 is 10.5 Å². The molecule has 0 atom stereocenters. The molecule has 3 heterocycles. The Kier molecular flexibility index (Phi) is 3.79. The highest BCUT2D eigenvalue weighted by Crippen LogP contribution is 2.21. The number of fused-ring (bicyclic) bond motifs is 1. The summed E-state index contributed by atoms with van der Waals surface area (Å²) in [5.41, 5.74) is 9.24. The molecule has 0 spiro atoms. The zero-order valence-corrected chi connectivity index (χ0v) is 11.9. The minimum Gasteiger partial charge on any atom is -0.481 e. The van der Waals surface area contributed by atoms with Gasteiger partial charge in [-0.3, -0.25) is 0 Å². The summed E-state index contributed by atoms with van der Waals surface area (Å²) >= 11 is 0. The van der Waals surface area contributed by atoms with E-state index in [4.69, 9.17) is 10.5 Å². The highest BCUT2D eigenvalue weighted by Gasteiger charge is 2.08. The largest absolute Gasteiger partial charge is 0.481 e. The van der Waals surface area contributed by atoms with Crippen molar-refractivity contribution in [3.8, 4) is 17.1 Å². The number of methoxy groups -OCH3 is 1. The number of pyridine rings is 1. The lowest BCUT2D eigenvalue weighted by Crippen LogP contribution is -2.04. The van der Waals surface area contributed by atoms with Gasteiger partial charge in [-0.05, 0) is 37.6 Å². The van der Waals surface area contributed by atoms with Gasteiger partial charge >= 0.3 is 0 Å². The second-order valence-corrected chi connectivity index (χ2v) is 4.72. The Balaban J connectivity index is 2.00. The molecule has 0 aliphatic heterocycles. The summed E-state index contributed by atoms with van der Waals surface area (Å²) in [6, 6.07) is 7.74. The third-order valence-electron chi connectivity index (χ3n) is 3.30. The van der Waals surface area contributed by atoms with Gasteiger partial charge in [-0.1, -0.05) is 0 Å². The van der Waals surface area contributed by atoms with E-state index in [1.807, 2.05) is 28.8 Å². The monoisotopic (exact) mass is 283 g/mol. The molecule has 21 heavy (non-hydrogen) atoms. The molecule has 0 bridgehead atoms. The Labute approximate surface area is 122 Å². The molecular weight excluding hydrogens is 266 g/mol. The fourth-order valence-corrected chi connectivity index (χ4v) is 2.18. The third kappa shape index (κ3) is 2.71. The number of imidazole rings is 1. The molecule has 6 nitrogen and oxygen atoms in total. The van der Waals surface area contributed by atoms with Crippen molar-refractivity contribution in [1.82, 2.24) is 19.6 Å². The van der Waals surface area contributed by atoms with E-state index in [9.17, 15) is 0 Å². The van der Waals surface area contributed by atoms with E-state index >= 15 is 0 Å². The molecule has 108 valence electrons. The standard InChI is InChI=1S/C15H17N5O/c1-21-15-7-4-11(9-18-15)13-10-17-14-6-5-12(3-2-8-16)19-20(13)14/h4-7,9-10H,2-3,8,16H2,1H3. The van der Waals surface area contributed by atoms with Gasteiger partial charge in [-0.15, -0.1) is 0 Å². The molecule has 6 heteroatoms. The number of rotatable bonds is 5. The highest BCUT2D eigenvalue weighted by molar-refractivity contribution is 5.62. The van der Waals surface area contributed by atoms with Gasteiger partial charge in [0.05, 0.1) is 24.7 Å². The highest BCUT2D eigenvalue weighted by atomic mass is 16.5. The molecule has 0 radical (unpaired) electrons. The maximum atomic E-state index is 5.55. The Morgan fingerprint density at radius 3 is 2.76 bits per heavy atom. The minimum absolute atomic E-state index is 0.587. The van der Waals surface area contributed by atoms with Crippen LogP contribution in [0.15, 0.2) is 36.7 Å². The lowest BCUT2D eigenvalue weighted by molar-refractivity contribution is 0.398. The molecule has 2 N–H and O–H groups in total. The summed E-state index contributed by atoms with van der Waals surface area (Å²) in [5.74, 6) is 0.587. The van der Waals surface area contributed by atoms with Crippen molar-refractivity contribution in [2.24, 2.45) is 5.73 Å². The summed E-state index contributed by atoms with van der Waals surface area (Å²) in [6.07, 6.45) is 5.35. The summed E-state index contributed by atoms with van der Waals surface area (Å²) in [6.45, 7) is 0.666. The van der Waals surface area contributed by atoms with Crippen LogP contribution in [0.3, 0.4) is 0 Å². The summed E-state index contributed by atoms with van der Waals surface area (Å²) < 4.78 is 6.92. The van der Waals surface area contributed by atoms with Gasteiger partial charge in [-0.2, -0.15) is 5.10 Å². The minimum atomic E-state index is 0.587. The molecule has 3 aromatic rings. The predicted octanol–water partition coefficient (Wildman–Crippen LogP) is 1.69. The first kappa shape index (κ1) is 13.5. The average molecular weight is 283 g/mol. The van der Waals surface area contributed by atoms with Gasteiger partial charge in [0.2, 0.25) is 5.88 Å². The molecule has 3 aromatic heterocycles. The van der Waals surface area contributed by atoms with Gasteiger partial charge in [0, 0.05) is 17.8 Å². The molecule has 0 saturated carbocycles. The van der Waals surface area contributed by atoms with Crippen LogP contribution in [0.4, 0.5) is 0 Å². The summed E-state index contributed by atoms with van der Waals surface area (Å²) in [7, 11) is 1.60. The molecule has 0 saturated heterocycles. The van der Waals surface area contributed by atoms with E-state index in [0.29, 0.717) is 12.4 Å². The van der Waals surface area contributed by atoms with E-state index in [1.54, 1.807) is 19.5 Å². The van der Waals surface area contributed by atoms with Crippen LogP contribution in [0.25, 0.3) is 16.9 Å². The van der Waals surface area contributed by atoms with Crippen LogP contribution in [-0.4, -0.2) is 33.2 Å². The predicted molar refractivity (Wildman–Crippen MR) is 80.1 cm³/mol. The van der Waals surface area contributed by atoms with Crippen LogP contribution >= 0.6 is 0 Å². The lowest BCUT2D eigenvalue weighted by Gasteiger charge is -2.04. The van der Waals surface area contributed by atoms with Crippen molar-refractivity contribution in [1.29, 1.82) is 0 Å². The normalized spacial score (nSPS) is 11.0. The summed E-state index contributed by atoms with van der Waals surface area (Å²) in [4.78, 5) is 8.60. The lowest BCUT2D eigenvalue weighted by atomic mass is 10.2. The summed E-state index contributed by atoms with van der Waals surface area (Å²) in [5, 5.41) is 4.63. The van der Waals surface area contributed by atoms with Crippen molar-refractivity contribution in [3.63, 3.8) is 0 Å². The van der Waals surface area contributed by atoms with E-state index in [-0.39, 0.29) is 0 Å². The van der Waals surface area contributed by atoms with E-state index in [1.165, 1.54) is 0 Å². The van der Waals surface area contributed by atoms with Crippen molar-refractivity contribution in [3.05, 3.63) is 42.4 Å². The first-order valence-corrected chi connectivity index (χ1v) is 6.86. The van der Waals surface area contributed by atoms with Gasteiger partial charge in [0.25, 0.3) is 0 Å². The fraction of sp³-hybridized carbons (Fsp3) is 0.267. The molecule has 0 aromatic carbocycles. The number of nitrogens with two attached hydrogens (primary N) is 1. The first-order chi connectivity index (χ1) is 10.3. The van der Waals surface area contributed by atoms with E-state index in [0.717, 1.165) is 35.4 Å². The number of hydrogen-bond acceptors (Lipinski definition) is 5. The van der Waals surface area contributed by atoms with Crippen molar-refractivity contribution in [2.75, 3.05) is 13.7 Å². The molecule has 0 fully saturated rings. The first-order valence-electron chi connectivity index (χ1n) is 6.86. The molecule has 0 aliphatic rings. The number of aromatic nitrogens is 4.